The van der Waals surface area contributed by atoms with E-state index in [2.05, 4.69) is 9.97 Å². The van der Waals surface area contributed by atoms with Crippen LogP contribution in [0.2, 0.25) is 0 Å². The smallest absolute Gasteiger partial charge is 0.367 e. The summed E-state index contributed by atoms with van der Waals surface area (Å²) in [5.74, 6) is 0.821. The molecule has 100 valence electrons. The molecule has 2 heterocycles. The number of hydrogen-bond donors (Lipinski definition) is 1. The first-order valence-electron chi connectivity index (χ1n) is 5.65. The lowest BCUT2D eigenvalue weighted by atomic mass is 10.5. The number of nitrogens with zero attached hydrogens (tertiary/aromatic N) is 2. The van der Waals surface area contributed by atoms with Crippen molar-refractivity contribution >= 4 is 34.9 Å². The van der Waals surface area contributed by atoms with E-state index in [0.29, 0.717) is 23.2 Å². The molecule has 0 spiro atoms. The van der Waals surface area contributed by atoms with Gasteiger partial charge in [0.15, 0.2) is 0 Å². The van der Waals surface area contributed by atoms with Gasteiger partial charge >= 0.3 is 5.97 Å². The number of hydrogen-bond acceptors (Lipinski definition) is 7. The Morgan fingerprint density at radius 1 is 1.53 bits per heavy atom. The molecule has 0 aromatic carbocycles. The molecular weight excluding hydrogens is 282 g/mol. The second-order valence-corrected chi connectivity index (χ2v) is 5.48. The molecule has 2 aromatic rings. The molecule has 0 aliphatic rings. The minimum atomic E-state index is -0.363. The molecule has 2 aromatic heterocycles. The molecule has 0 radical (unpaired) electrons. The molecule has 2 rings (SSSR count). The topological polar surface area (TPSA) is 78.1 Å². The van der Waals surface area contributed by atoms with Gasteiger partial charge in [0, 0.05) is 22.2 Å². The van der Waals surface area contributed by atoms with Gasteiger partial charge in [0.2, 0.25) is 5.01 Å². The van der Waals surface area contributed by atoms with E-state index in [4.69, 9.17) is 10.5 Å². The van der Waals surface area contributed by atoms with E-state index in [1.54, 1.807) is 30.9 Å². The number of thiazole rings is 1. The average Bonchev–Trinajstić information content (AvgIpc) is 2.87. The maximum absolute atomic E-state index is 11.5. The van der Waals surface area contributed by atoms with Crippen molar-refractivity contribution in [1.29, 1.82) is 0 Å². The van der Waals surface area contributed by atoms with Crippen LogP contribution >= 0.6 is 23.1 Å². The molecular formula is C12H13N3O2S2. The first-order valence-corrected chi connectivity index (χ1v) is 7.51. The summed E-state index contributed by atoms with van der Waals surface area (Å²) in [4.78, 5) is 20.7. The van der Waals surface area contributed by atoms with E-state index in [9.17, 15) is 4.79 Å². The minimum Gasteiger partial charge on any atom is -0.461 e. The highest BCUT2D eigenvalue weighted by atomic mass is 32.2. The fourth-order valence-corrected chi connectivity index (χ4v) is 2.86. The summed E-state index contributed by atoms with van der Waals surface area (Å²) in [5.41, 5.74) is 6.37. The fraction of sp³-hybridized carbons (Fsp3) is 0.250. The number of carbonyl (C=O) groups is 1. The molecule has 0 saturated carbocycles. The van der Waals surface area contributed by atoms with Crippen LogP contribution in [0.1, 0.15) is 22.4 Å². The normalized spacial score (nSPS) is 10.4. The molecule has 7 heteroatoms. The number of carbonyl (C=O) groups excluding carboxylic acids is 1. The van der Waals surface area contributed by atoms with Gasteiger partial charge in [-0.05, 0) is 19.1 Å². The predicted molar refractivity (Wildman–Crippen MR) is 76.3 cm³/mol. The number of thioether (sulfide) groups is 1. The third-order valence-corrected chi connectivity index (χ3v) is 4.03. The number of nitrogens with two attached hydrogens (primary N) is 1. The summed E-state index contributed by atoms with van der Waals surface area (Å²) in [6.07, 6.45) is 1.72. The van der Waals surface area contributed by atoms with Crippen LogP contribution in [0.4, 0.5) is 5.82 Å². The zero-order valence-corrected chi connectivity index (χ0v) is 12.0. The SMILES string of the molecule is CCOC(=O)c1nc(CSc2ccc(N)nc2)cs1. The van der Waals surface area contributed by atoms with Gasteiger partial charge < -0.3 is 10.5 Å². The van der Waals surface area contributed by atoms with Gasteiger partial charge in [0.25, 0.3) is 0 Å². The number of nitrogen functional groups attached to an aromatic ring is 1. The van der Waals surface area contributed by atoms with Crippen LogP contribution in [0.5, 0.6) is 0 Å². The highest BCUT2D eigenvalue weighted by Gasteiger charge is 2.11. The van der Waals surface area contributed by atoms with E-state index in [0.717, 1.165) is 10.6 Å². The minimum absolute atomic E-state index is 0.361. The summed E-state index contributed by atoms with van der Waals surface area (Å²) >= 11 is 2.90. The summed E-state index contributed by atoms with van der Waals surface area (Å²) in [5, 5.41) is 2.26. The standard InChI is InChI=1S/C12H13N3O2S2/c1-2-17-12(16)11-15-8(7-19-11)6-18-9-3-4-10(13)14-5-9/h3-5,7H,2,6H2,1H3,(H2,13,14). The molecule has 0 bridgehead atoms. The molecule has 0 amide bonds. The third kappa shape index (κ3) is 3.93. The van der Waals surface area contributed by atoms with Crippen LogP contribution < -0.4 is 5.73 Å². The largest absolute Gasteiger partial charge is 0.461 e. The van der Waals surface area contributed by atoms with Crippen molar-refractivity contribution in [2.75, 3.05) is 12.3 Å². The van der Waals surface area contributed by atoms with Crippen molar-refractivity contribution in [1.82, 2.24) is 9.97 Å². The van der Waals surface area contributed by atoms with Gasteiger partial charge in [-0.1, -0.05) is 0 Å². The maximum atomic E-state index is 11.5. The lowest BCUT2D eigenvalue weighted by molar-refractivity contribution is 0.0525. The zero-order valence-electron chi connectivity index (χ0n) is 10.3. The molecule has 19 heavy (non-hydrogen) atoms. The van der Waals surface area contributed by atoms with Crippen molar-refractivity contribution in [2.45, 2.75) is 17.6 Å². The second-order valence-electron chi connectivity index (χ2n) is 3.57. The molecule has 0 aliphatic heterocycles. The van der Waals surface area contributed by atoms with Crippen molar-refractivity contribution in [2.24, 2.45) is 0 Å². The van der Waals surface area contributed by atoms with Crippen LogP contribution in [0.25, 0.3) is 0 Å². The van der Waals surface area contributed by atoms with Gasteiger partial charge in [-0.2, -0.15) is 0 Å². The number of rotatable bonds is 5. The van der Waals surface area contributed by atoms with E-state index in [-0.39, 0.29) is 5.97 Å². The van der Waals surface area contributed by atoms with Crippen molar-refractivity contribution in [3.8, 4) is 0 Å². The van der Waals surface area contributed by atoms with Gasteiger partial charge in [-0.15, -0.1) is 23.1 Å². The number of anilines is 1. The Kier molecular flexibility index (Phi) is 4.75. The zero-order chi connectivity index (χ0) is 13.7. The van der Waals surface area contributed by atoms with Gasteiger partial charge in [0.1, 0.15) is 5.82 Å². The van der Waals surface area contributed by atoms with Crippen LogP contribution in [-0.2, 0) is 10.5 Å². The molecule has 0 aliphatic carbocycles. The van der Waals surface area contributed by atoms with Crippen LogP contribution in [0.3, 0.4) is 0 Å². The van der Waals surface area contributed by atoms with Crippen LogP contribution in [0.15, 0.2) is 28.6 Å². The number of aromatic nitrogens is 2. The Hall–Kier alpha value is -1.60. The first kappa shape index (κ1) is 13.8. The molecule has 0 saturated heterocycles. The highest BCUT2D eigenvalue weighted by Crippen LogP contribution is 2.23. The van der Waals surface area contributed by atoms with Gasteiger partial charge in [-0.3, -0.25) is 0 Å². The lowest BCUT2D eigenvalue weighted by Gasteiger charge is -1.99. The quantitative estimate of drug-likeness (QED) is 0.675. The Balaban J connectivity index is 1.93. The predicted octanol–water partition coefficient (Wildman–Crippen LogP) is 2.59. The molecule has 2 N–H and O–H groups in total. The van der Waals surface area contributed by atoms with E-state index >= 15 is 0 Å². The molecule has 5 nitrogen and oxygen atoms in total. The number of pyridine rings is 1. The Bertz CT molecular complexity index is 554. The molecule has 0 unspecified atom stereocenters. The fourth-order valence-electron chi connectivity index (χ4n) is 1.29. The van der Waals surface area contributed by atoms with Crippen molar-refractivity contribution < 1.29 is 9.53 Å². The first-order chi connectivity index (χ1) is 9.19. The highest BCUT2D eigenvalue weighted by molar-refractivity contribution is 7.98. The summed E-state index contributed by atoms with van der Waals surface area (Å²) in [6, 6.07) is 3.67. The monoisotopic (exact) mass is 295 g/mol. The van der Waals surface area contributed by atoms with Crippen LogP contribution in [0, 0.1) is 0 Å². The van der Waals surface area contributed by atoms with Crippen LogP contribution in [-0.4, -0.2) is 22.5 Å². The average molecular weight is 295 g/mol. The maximum Gasteiger partial charge on any atom is 0.367 e. The van der Waals surface area contributed by atoms with Gasteiger partial charge in [-0.25, -0.2) is 14.8 Å². The van der Waals surface area contributed by atoms with Gasteiger partial charge in [0.05, 0.1) is 12.3 Å². The Morgan fingerprint density at radius 3 is 3.05 bits per heavy atom. The summed E-state index contributed by atoms with van der Waals surface area (Å²) in [6.45, 7) is 2.13. The third-order valence-electron chi connectivity index (χ3n) is 2.15. The Morgan fingerprint density at radius 2 is 2.37 bits per heavy atom. The lowest BCUT2D eigenvalue weighted by Crippen LogP contribution is -2.03. The Labute approximate surface area is 119 Å². The second kappa shape index (κ2) is 6.53. The molecule has 0 fully saturated rings. The number of esters is 1. The van der Waals surface area contributed by atoms with E-state index in [1.165, 1.54) is 11.3 Å². The van der Waals surface area contributed by atoms with E-state index in [1.807, 2.05) is 11.4 Å². The number of ether oxygens (including phenoxy) is 1. The summed E-state index contributed by atoms with van der Waals surface area (Å²) < 4.78 is 4.90. The molecule has 0 atom stereocenters. The summed E-state index contributed by atoms with van der Waals surface area (Å²) in [7, 11) is 0. The van der Waals surface area contributed by atoms with Crippen molar-refractivity contribution in [3.63, 3.8) is 0 Å². The van der Waals surface area contributed by atoms with Crippen molar-refractivity contribution in [3.05, 3.63) is 34.4 Å². The van der Waals surface area contributed by atoms with E-state index < -0.39 is 0 Å².